The zero-order valence-electron chi connectivity index (χ0n) is 14.6. The maximum absolute atomic E-state index is 13.2. The van der Waals surface area contributed by atoms with Gasteiger partial charge >= 0.3 is 0 Å². The third kappa shape index (κ3) is 2.79. The molecule has 1 aromatic carbocycles. The maximum Gasteiger partial charge on any atom is 0.243 e. The SMILES string of the molecule is Cc1ccc(S(=O)(=O)N2CCC[C@@]23CC(C)(C)C[C@H](O)[C@@H]3O)cc1. The van der Waals surface area contributed by atoms with E-state index in [1.165, 1.54) is 4.31 Å². The molecule has 0 bridgehead atoms. The van der Waals surface area contributed by atoms with Crippen LogP contribution in [-0.2, 0) is 10.0 Å². The first-order chi connectivity index (χ1) is 11.1. The lowest BCUT2D eigenvalue weighted by Crippen LogP contribution is -2.63. The number of aryl methyl sites for hydroxylation is 1. The van der Waals surface area contributed by atoms with Crippen LogP contribution in [0.15, 0.2) is 29.2 Å². The van der Waals surface area contributed by atoms with E-state index in [-0.39, 0.29) is 10.3 Å². The molecule has 0 unspecified atom stereocenters. The lowest BCUT2D eigenvalue weighted by molar-refractivity contribution is -0.119. The van der Waals surface area contributed by atoms with Gasteiger partial charge < -0.3 is 10.2 Å². The van der Waals surface area contributed by atoms with Crippen molar-refractivity contribution in [3.8, 4) is 0 Å². The molecule has 6 heteroatoms. The Morgan fingerprint density at radius 2 is 1.79 bits per heavy atom. The second-order valence-corrected chi connectivity index (χ2v) is 10.0. The van der Waals surface area contributed by atoms with Crippen LogP contribution in [0.2, 0.25) is 0 Å². The van der Waals surface area contributed by atoms with E-state index in [9.17, 15) is 18.6 Å². The van der Waals surface area contributed by atoms with Crippen molar-refractivity contribution in [1.29, 1.82) is 0 Å². The van der Waals surface area contributed by atoms with E-state index < -0.39 is 27.8 Å². The monoisotopic (exact) mass is 353 g/mol. The quantitative estimate of drug-likeness (QED) is 0.853. The Labute approximate surface area is 144 Å². The lowest BCUT2D eigenvalue weighted by Gasteiger charge is -2.51. The highest BCUT2D eigenvalue weighted by Gasteiger charge is 2.58. The third-order valence-corrected chi connectivity index (χ3v) is 7.53. The molecule has 2 fully saturated rings. The summed E-state index contributed by atoms with van der Waals surface area (Å²) in [7, 11) is -3.71. The first kappa shape index (κ1) is 17.9. The van der Waals surface area contributed by atoms with Crippen LogP contribution in [0.4, 0.5) is 0 Å². The molecule has 1 aromatic rings. The first-order valence-electron chi connectivity index (χ1n) is 8.54. The highest BCUT2D eigenvalue weighted by atomic mass is 32.2. The molecule has 0 aromatic heterocycles. The summed E-state index contributed by atoms with van der Waals surface area (Å²) >= 11 is 0. The number of benzene rings is 1. The van der Waals surface area contributed by atoms with E-state index >= 15 is 0 Å². The topological polar surface area (TPSA) is 77.8 Å². The van der Waals surface area contributed by atoms with Crippen LogP contribution in [-0.4, -0.2) is 47.2 Å². The maximum atomic E-state index is 13.2. The Morgan fingerprint density at radius 1 is 1.17 bits per heavy atom. The number of sulfonamides is 1. The number of aliphatic hydroxyl groups excluding tert-OH is 2. The minimum atomic E-state index is -3.71. The van der Waals surface area contributed by atoms with Gasteiger partial charge in [-0.05, 0) is 50.2 Å². The number of nitrogens with zero attached hydrogens (tertiary/aromatic N) is 1. The minimum absolute atomic E-state index is 0.218. The third-order valence-electron chi connectivity index (χ3n) is 5.54. The molecular formula is C18H27NO4S. The summed E-state index contributed by atoms with van der Waals surface area (Å²) in [5.41, 5.74) is -0.131. The van der Waals surface area contributed by atoms with Gasteiger partial charge in [-0.2, -0.15) is 4.31 Å². The van der Waals surface area contributed by atoms with Gasteiger partial charge in [-0.3, -0.25) is 0 Å². The average molecular weight is 353 g/mol. The Bertz CT molecular complexity index is 713. The van der Waals surface area contributed by atoms with Gasteiger partial charge in [0.15, 0.2) is 0 Å². The van der Waals surface area contributed by atoms with Crippen molar-refractivity contribution in [2.45, 2.75) is 69.1 Å². The molecule has 134 valence electrons. The van der Waals surface area contributed by atoms with E-state index in [1.54, 1.807) is 24.3 Å². The minimum Gasteiger partial charge on any atom is -0.390 e. The van der Waals surface area contributed by atoms with E-state index in [1.807, 2.05) is 20.8 Å². The summed E-state index contributed by atoms with van der Waals surface area (Å²) in [6.45, 7) is 6.35. The van der Waals surface area contributed by atoms with E-state index in [0.717, 1.165) is 5.56 Å². The molecule has 3 atom stereocenters. The van der Waals surface area contributed by atoms with Crippen molar-refractivity contribution in [2.24, 2.45) is 5.41 Å². The molecule has 5 nitrogen and oxygen atoms in total. The molecule has 1 saturated carbocycles. The van der Waals surface area contributed by atoms with Crippen LogP contribution < -0.4 is 0 Å². The smallest absolute Gasteiger partial charge is 0.243 e. The van der Waals surface area contributed by atoms with Crippen LogP contribution >= 0.6 is 0 Å². The fraction of sp³-hybridized carbons (Fsp3) is 0.667. The van der Waals surface area contributed by atoms with Crippen LogP contribution in [0.1, 0.15) is 45.1 Å². The summed E-state index contributed by atoms with van der Waals surface area (Å²) in [5.74, 6) is 0. The Kier molecular flexibility index (Phi) is 4.31. The van der Waals surface area contributed by atoms with Crippen molar-refractivity contribution >= 4 is 10.0 Å². The normalized spacial score (nSPS) is 33.9. The van der Waals surface area contributed by atoms with Gasteiger partial charge in [-0.25, -0.2) is 8.42 Å². The van der Waals surface area contributed by atoms with Crippen LogP contribution in [0.5, 0.6) is 0 Å². The first-order valence-corrected chi connectivity index (χ1v) is 9.98. The predicted molar refractivity (Wildman–Crippen MR) is 92.1 cm³/mol. The zero-order valence-corrected chi connectivity index (χ0v) is 15.4. The summed E-state index contributed by atoms with van der Waals surface area (Å²) in [6.07, 6.45) is 0.373. The molecule has 1 heterocycles. The molecule has 0 amide bonds. The molecule has 1 aliphatic carbocycles. The molecule has 24 heavy (non-hydrogen) atoms. The van der Waals surface area contributed by atoms with Gasteiger partial charge in [0.05, 0.1) is 22.6 Å². The largest absolute Gasteiger partial charge is 0.390 e. The van der Waals surface area contributed by atoms with Gasteiger partial charge in [-0.15, -0.1) is 0 Å². The van der Waals surface area contributed by atoms with Crippen LogP contribution in [0.25, 0.3) is 0 Å². The van der Waals surface area contributed by atoms with Crippen molar-refractivity contribution < 1.29 is 18.6 Å². The molecule has 3 rings (SSSR count). The Hall–Kier alpha value is -0.950. The Morgan fingerprint density at radius 3 is 2.42 bits per heavy atom. The van der Waals surface area contributed by atoms with Gasteiger partial charge in [0.2, 0.25) is 10.0 Å². The molecule has 1 aliphatic heterocycles. The highest BCUT2D eigenvalue weighted by molar-refractivity contribution is 7.89. The zero-order chi connectivity index (χ0) is 17.8. The van der Waals surface area contributed by atoms with Gasteiger partial charge in [0.1, 0.15) is 0 Å². The van der Waals surface area contributed by atoms with Gasteiger partial charge in [-0.1, -0.05) is 31.5 Å². The summed E-state index contributed by atoms with van der Waals surface area (Å²) in [5, 5.41) is 21.1. The summed E-state index contributed by atoms with van der Waals surface area (Å²) in [6, 6.07) is 6.80. The van der Waals surface area contributed by atoms with E-state index in [0.29, 0.717) is 32.2 Å². The second-order valence-electron chi connectivity index (χ2n) is 8.15. The van der Waals surface area contributed by atoms with Crippen molar-refractivity contribution in [2.75, 3.05) is 6.54 Å². The fourth-order valence-electron chi connectivity index (χ4n) is 4.59. The second kappa shape index (κ2) is 5.80. The number of aliphatic hydroxyl groups is 2. The highest BCUT2D eigenvalue weighted by Crippen LogP contribution is 2.50. The standard InChI is InChI=1S/C18H27NO4S/c1-13-5-7-14(8-6-13)24(22,23)19-10-4-9-18(19)12-17(2,3)11-15(20)16(18)21/h5-8,15-16,20-21H,4,9-12H2,1-3H3/t15-,16-,18-/m0/s1. The molecule has 2 N–H and O–H groups in total. The lowest BCUT2D eigenvalue weighted by atomic mass is 9.65. The predicted octanol–water partition coefficient (Wildman–Crippen LogP) is 2.06. The summed E-state index contributed by atoms with van der Waals surface area (Å²) < 4.78 is 27.9. The molecule has 0 radical (unpaired) electrons. The number of rotatable bonds is 2. The summed E-state index contributed by atoms with van der Waals surface area (Å²) in [4.78, 5) is 0.249. The number of hydrogen-bond acceptors (Lipinski definition) is 4. The molecule has 1 saturated heterocycles. The van der Waals surface area contributed by atoms with E-state index in [2.05, 4.69) is 0 Å². The van der Waals surface area contributed by atoms with Gasteiger partial charge in [0, 0.05) is 6.54 Å². The van der Waals surface area contributed by atoms with Crippen LogP contribution in [0, 0.1) is 12.3 Å². The molecular weight excluding hydrogens is 326 g/mol. The van der Waals surface area contributed by atoms with Crippen LogP contribution in [0.3, 0.4) is 0 Å². The van der Waals surface area contributed by atoms with Crippen molar-refractivity contribution in [3.05, 3.63) is 29.8 Å². The fourth-order valence-corrected chi connectivity index (χ4v) is 6.43. The molecule has 1 spiro atoms. The Balaban J connectivity index is 2.05. The van der Waals surface area contributed by atoms with Crippen molar-refractivity contribution in [1.82, 2.24) is 4.31 Å². The van der Waals surface area contributed by atoms with Crippen molar-refractivity contribution in [3.63, 3.8) is 0 Å². The van der Waals surface area contributed by atoms with E-state index in [4.69, 9.17) is 0 Å². The van der Waals surface area contributed by atoms with Gasteiger partial charge in [0.25, 0.3) is 0 Å². The molecule has 2 aliphatic rings. The number of hydrogen-bond donors (Lipinski definition) is 2. The average Bonchev–Trinajstić information content (AvgIpc) is 2.89.